The van der Waals surface area contributed by atoms with Crippen molar-refractivity contribution in [1.82, 2.24) is 15.3 Å². The second kappa shape index (κ2) is 5.33. The first kappa shape index (κ1) is 15.7. The number of pyridine rings is 1. The van der Waals surface area contributed by atoms with Crippen molar-refractivity contribution in [2.24, 2.45) is 0 Å². The molecular formula is C17H12ClFN4O2. The highest BCUT2D eigenvalue weighted by atomic mass is 35.5. The number of halogens is 2. The Morgan fingerprint density at radius 2 is 2.28 bits per heavy atom. The molecular weight excluding hydrogens is 347 g/mol. The predicted molar refractivity (Wildman–Crippen MR) is 90.2 cm³/mol. The number of hydrogen-bond acceptors (Lipinski definition) is 4. The van der Waals surface area contributed by atoms with E-state index < -0.39 is 17.3 Å². The number of aromatic amines is 1. The molecule has 4 rings (SSSR count). The molecule has 0 radical (unpaired) electrons. The zero-order valence-electron chi connectivity index (χ0n) is 13.1. The van der Waals surface area contributed by atoms with Gasteiger partial charge in [0, 0.05) is 35.6 Å². The molecule has 0 unspecified atom stereocenters. The molecule has 2 N–H and O–H groups in total. The second-order valence-corrected chi connectivity index (χ2v) is 6.40. The van der Waals surface area contributed by atoms with Crippen LogP contribution in [0, 0.1) is 17.1 Å². The van der Waals surface area contributed by atoms with E-state index in [0.717, 1.165) is 6.07 Å². The summed E-state index contributed by atoms with van der Waals surface area (Å²) in [5.74, 6) is -0.531. The molecule has 6 nitrogen and oxygen atoms in total. The van der Waals surface area contributed by atoms with Crippen molar-refractivity contribution in [1.29, 1.82) is 5.26 Å². The molecule has 1 amide bonds. The first-order valence-electron chi connectivity index (χ1n) is 7.60. The summed E-state index contributed by atoms with van der Waals surface area (Å²) in [4.78, 5) is 18.8. The quantitative estimate of drug-likeness (QED) is 0.729. The monoisotopic (exact) mass is 358 g/mol. The van der Waals surface area contributed by atoms with Gasteiger partial charge in [-0.2, -0.15) is 5.26 Å². The van der Waals surface area contributed by atoms with Gasteiger partial charge in [-0.3, -0.25) is 0 Å². The van der Waals surface area contributed by atoms with Gasteiger partial charge in [0.1, 0.15) is 11.5 Å². The molecule has 2 heterocycles. The molecule has 0 spiro atoms. The van der Waals surface area contributed by atoms with Crippen LogP contribution in [0.2, 0.25) is 5.02 Å². The Bertz CT molecular complexity index is 1080. The summed E-state index contributed by atoms with van der Waals surface area (Å²) in [7, 11) is 1.41. The maximum atomic E-state index is 14.1. The van der Waals surface area contributed by atoms with E-state index in [-0.39, 0.29) is 5.75 Å². The van der Waals surface area contributed by atoms with E-state index in [1.165, 1.54) is 19.3 Å². The fraction of sp³-hybridized carbons (Fsp3) is 0.235. The molecule has 0 bridgehead atoms. The third-order valence-corrected chi connectivity index (χ3v) is 4.75. The summed E-state index contributed by atoms with van der Waals surface area (Å²) < 4.78 is 19.3. The number of H-pyrrole nitrogens is 1. The molecule has 126 valence electrons. The Hall–Kier alpha value is -2.85. The largest absolute Gasteiger partial charge is 0.412 e. The van der Waals surface area contributed by atoms with Crippen LogP contribution in [0.5, 0.6) is 5.75 Å². The topological polar surface area (TPSA) is 90.8 Å². The number of carbonyl (C=O) groups is 1. The summed E-state index contributed by atoms with van der Waals surface area (Å²) >= 11 is 6.33. The second-order valence-electron chi connectivity index (χ2n) is 5.99. The standard InChI is InChI=1S/C17H12ClFN4O2/c1-21-16(24)25-11-5-8(19)4-9-12-13(17(7-20)2-3-17)10(18)6-22-15(12)23-14(9)11/h4-6H,2-3H2,1H3,(H,21,24)(H,22,23). The number of benzene rings is 1. The molecule has 25 heavy (non-hydrogen) atoms. The summed E-state index contributed by atoms with van der Waals surface area (Å²) in [5, 5.41) is 13.3. The van der Waals surface area contributed by atoms with Crippen molar-refractivity contribution in [3.63, 3.8) is 0 Å². The Kier molecular flexibility index (Phi) is 3.34. The van der Waals surface area contributed by atoms with E-state index >= 15 is 0 Å². The molecule has 1 aromatic carbocycles. The van der Waals surface area contributed by atoms with E-state index in [1.807, 2.05) is 0 Å². The fourth-order valence-corrected chi connectivity index (χ4v) is 3.44. The SMILES string of the molecule is CNC(=O)Oc1cc(F)cc2c1[nH]c1ncc(Cl)c(C3(C#N)CC3)c12. The van der Waals surface area contributed by atoms with Gasteiger partial charge in [0.2, 0.25) is 0 Å². The summed E-state index contributed by atoms with van der Waals surface area (Å²) in [6.07, 6.45) is 2.13. The summed E-state index contributed by atoms with van der Waals surface area (Å²) in [6, 6.07) is 4.75. The minimum Gasteiger partial charge on any atom is -0.408 e. The lowest BCUT2D eigenvalue weighted by Crippen LogP contribution is -2.22. The highest BCUT2D eigenvalue weighted by Crippen LogP contribution is 2.53. The van der Waals surface area contributed by atoms with Crippen molar-refractivity contribution >= 4 is 39.6 Å². The third kappa shape index (κ3) is 2.29. The van der Waals surface area contributed by atoms with Gasteiger partial charge in [-0.1, -0.05) is 11.6 Å². The number of amides is 1. The van der Waals surface area contributed by atoms with Crippen LogP contribution in [0.15, 0.2) is 18.3 Å². The minimum atomic E-state index is -0.715. The van der Waals surface area contributed by atoms with Gasteiger partial charge in [-0.15, -0.1) is 0 Å². The molecule has 1 fully saturated rings. The molecule has 1 saturated carbocycles. The smallest absolute Gasteiger partial charge is 0.408 e. The maximum Gasteiger partial charge on any atom is 0.412 e. The minimum absolute atomic E-state index is 0.0382. The van der Waals surface area contributed by atoms with Crippen LogP contribution in [0.3, 0.4) is 0 Å². The average Bonchev–Trinajstić information content (AvgIpc) is 3.30. The third-order valence-electron chi connectivity index (χ3n) is 4.46. The van der Waals surface area contributed by atoms with Gasteiger partial charge in [-0.05, 0) is 18.9 Å². The summed E-state index contributed by atoms with van der Waals surface area (Å²) in [6.45, 7) is 0. The normalized spacial score (nSPS) is 15.1. The fourth-order valence-electron chi connectivity index (χ4n) is 3.11. The van der Waals surface area contributed by atoms with E-state index in [9.17, 15) is 14.4 Å². The van der Waals surface area contributed by atoms with Crippen LogP contribution in [0.1, 0.15) is 18.4 Å². The Balaban J connectivity index is 2.08. The highest BCUT2D eigenvalue weighted by molar-refractivity contribution is 6.33. The van der Waals surface area contributed by atoms with Gasteiger partial charge in [0.25, 0.3) is 0 Å². The number of ether oxygens (including phenoxy) is 1. The number of aromatic nitrogens is 2. The predicted octanol–water partition coefficient (Wildman–Crippen LogP) is 3.78. The number of carbonyl (C=O) groups excluding carboxylic acids is 1. The van der Waals surface area contributed by atoms with Crippen LogP contribution >= 0.6 is 11.6 Å². The number of rotatable bonds is 2. The number of nitrogens with one attached hydrogen (secondary N) is 2. The molecule has 1 aliphatic rings. The van der Waals surface area contributed by atoms with Crippen LogP contribution in [0.25, 0.3) is 21.9 Å². The molecule has 1 aliphatic carbocycles. The van der Waals surface area contributed by atoms with Crippen LogP contribution < -0.4 is 10.1 Å². The van der Waals surface area contributed by atoms with Crippen molar-refractivity contribution in [3.05, 3.63) is 34.7 Å². The van der Waals surface area contributed by atoms with E-state index in [1.54, 1.807) is 0 Å². The lowest BCUT2D eigenvalue weighted by Gasteiger charge is -2.10. The van der Waals surface area contributed by atoms with Gasteiger partial charge >= 0.3 is 6.09 Å². The molecule has 0 aliphatic heterocycles. The van der Waals surface area contributed by atoms with Crippen molar-refractivity contribution in [2.75, 3.05) is 7.05 Å². The molecule has 0 saturated heterocycles. The number of nitriles is 1. The molecule has 2 aromatic heterocycles. The summed E-state index contributed by atoms with van der Waals surface area (Å²) in [5.41, 5.74) is 0.846. The lowest BCUT2D eigenvalue weighted by atomic mass is 9.94. The maximum absolute atomic E-state index is 14.1. The van der Waals surface area contributed by atoms with Crippen molar-refractivity contribution in [3.8, 4) is 11.8 Å². The van der Waals surface area contributed by atoms with E-state index in [2.05, 4.69) is 21.4 Å². The number of hydrogen-bond donors (Lipinski definition) is 2. The first-order valence-corrected chi connectivity index (χ1v) is 7.97. The van der Waals surface area contributed by atoms with E-state index in [0.29, 0.717) is 45.4 Å². The Labute approximate surface area is 146 Å². The molecule has 0 atom stereocenters. The molecule has 8 heteroatoms. The lowest BCUT2D eigenvalue weighted by molar-refractivity contribution is 0.203. The zero-order chi connectivity index (χ0) is 17.8. The van der Waals surface area contributed by atoms with Gasteiger partial charge < -0.3 is 15.0 Å². The number of nitrogens with zero attached hydrogens (tertiary/aromatic N) is 2. The Morgan fingerprint density at radius 3 is 2.92 bits per heavy atom. The van der Waals surface area contributed by atoms with Gasteiger partial charge in [0.15, 0.2) is 5.75 Å². The number of fused-ring (bicyclic) bond motifs is 3. The van der Waals surface area contributed by atoms with Crippen LogP contribution in [-0.2, 0) is 5.41 Å². The van der Waals surface area contributed by atoms with Crippen LogP contribution in [0.4, 0.5) is 9.18 Å². The van der Waals surface area contributed by atoms with Gasteiger partial charge in [0.05, 0.1) is 22.0 Å². The molecule has 3 aromatic rings. The van der Waals surface area contributed by atoms with E-state index in [4.69, 9.17) is 16.3 Å². The zero-order valence-corrected chi connectivity index (χ0v) is 13.9. The Morgan fingerprint density at radius 1 is 1.52 bits per heavy atom. The van der Waals surface area contributed by atoms with Crippen LogP contribution in [-0.4, -0.2) is 23.1 Å². The van der Waals surface area contributed by atoms with Crippen molar-refractivity contribution in [2.45, 2.75) is 18.3 Å². The van der Waals surface area contributed by atoms with Gasteiger partial charge in [-0.25, -0.2) is 14.2 Å². The average molecular weight is 359 g/mol. The van der Waals surface area contributed by atoms with Crippen molar-refractivity contribution < 1.29 is 13.9 Å². The first-order chi connectivity index (χ1) is 12.0. The highest BCUT2D eigenvalue weighted by Gasteiger charge is 2.48.